The van der Waals surface area contributed by atoms with Crippen molar-refractivity contribution in [2.45, 2.75) is 26.9 Å². The lowest BCUT2D eigenvalue weighted by molar-refractivity contribution is 0.222. The van der Waals surface area contributed by atoms with Crippen LogP contribution in [0.1, 0.15) is 19.4 Å². The Morgan fingerprint density at radius 1 is 1.05 bits per heavy atom. The van der Waals surface area contributed by atoms with Gasteiger partial charge in [-0.05, 0) is 32.9 Å². The average Bonchev–Trinajstić information content (AvgIpc) is 2.40. The fraction of sp³-hybridized carbons (Fsp3) is 0.308. The highest BCUT2D eigenvalue weighted by molar-refractivity contribution is 5.54. The largest absolute Gasteiger partial charge is 0.461 e. The molecule has 7 nitrogen and oxygen atoms in total. The zero-order chi connectivity index (χ0) is 14.5. The third kappa shape index (κ3) is 3.79. The van der Waals surface area contributed by atoms with Crippen LogP contribution in [0, 0.1) is 6.92 Å². The van der Waals surface area contributed by atoms with Gasteiger partial charge >= 0.3 is 6.01 Å². The van der Waals surface area contributed by atoms with Crippen molar-refractivity contribution in [1.82, 2.24) is 15.0 Å². The van der Waals surface area contributed by atoms with E-state index in [-0.39, 0.29) is 18.1 Å². The molecule has 1 aromatic carbocycles. The van der Waals surface area contributed by atoms with E-state index in [0.29, 0.717) is 5.95 Å². The Morgan fingerprint density at radius 2 is 1.70 bits per heavy atom. The summed E-state index contributed by atoms with van der Waals surface area (Å²) in [5, 5.41) is 3.08. The fourth-order valence-corrected chi connectivity index (χ4v) is 1.51. The summed E-state index contributed by atoms with van der Waals surface area (Å²) in [5.74, 6) is 5.95. The van der Waals surface area contributed by atoms with Gasteiger partial charge in [0.15, 0.2) is 0 Å². The van der Waals surface area contributed by atoms with Gasteiger partial charge in [-0.3, -0.25) is 5.43 Å². The second-order valence-corrected chi connectivity index (χ2v) is 4.57. The number of rotatable bonds is 5. The topological polar surface area (TPSA) is 98.0 Å². The summed E-state index contributed by atoms with van der Waals surface area (Å²) in [6.07, 6.45) is -0.0322. The van der Waals surface area contributed by atoms with Gasteiger partial charge in [0.25, 0.3) is 0 Å². The molecule has 0 radical (unpaired) electrons. The van der Waals surface area contributed by atoms with Crippen LogP contribution >= 0.6 is 0 Å². The SMILES string of the molecule is Cc1ccc(Nc2nc(NN)nc(OC(C)C)n2)cc1. The van der Waals surface area contributed by atoms with E-state index >= 15 is 0 Å². The minimum Gasteiger partial charge on any atom is -0.461 e. The summed E-state index contributed by atoms with van der Waals surface area (Å²) in [6, 6.07) is 8.10. The zero-order valence-electron chi connectivity index (χ0n) is 11.7. The van der Waals surface area contributed by atoms with Crippen LogP contribution in [0.5, 0.6) is 6.01 Å². The van der Waals surface area contributed by atoms with E-state index in [9.17, 15) is 0 Å². The average molecular weight is 274 g/mol. The first-order chi connectivity index (χ1) is 9.56. The van der Waals surface area contributed by atoms with Crippen molar-refractivity contribution >= 4 is 17.6 Å². The molecule has 0 amide bonds. The maximum absolute atomic E-state index is 5.46. The second kappa shape index (κ2) is 6.16. The quantitative estimate of drug-likeness (QED) is 0.566. The molecule has 0 unspecified atom stereocenters. The number of nitrogens with one attached hydrogen (secondary N) is 2. The van der Waals surface area contributed by atoms with Crippen LogP contribution in [0.3, 0.4) is 0 Å². The lowest BCUT2D eigenvalue weighted by Crippen LogP contribution is -2.15. The maximum Gasteiger partial charge on any atom is 0.323 e. The van der Waals surface area contributed by atoms with Crippen molar-refractivity contribution in [1.29, 1.82) is 0 Å². The van der Waals surface area contributed by atoms with Crippen molar-refractivity contribution < 1.29 is 4.74 Å². The van der Waals surface area contributed by atoms with E-state index < -0.39 is 0 Å². The predicted molar refractivity (Wildman–Crippen MR) is 77.9 cm³/mol. The number of aryl methyl sites for hydroxylation is 1. The molecule has 0 atom stereocenters. The van der Waals surface area contributed by atoms with E-state index in [1.54, 1.807) is 0 Å². The van der Waals surface area contributed by atoms with E-state index in [1.165, 1.54) is 5.56 Å². The Balaban J connectivity index is 2.23. The van der Waals surface area contributed by atoms with Crippen LogP contribution in [-0.2, 0) is 0 Å². The van der Waals surface area contributed by atoms with Gasteiger partial charge in [-0.2, -0.15) is 15.0 Å². The Bertz CT molecular complexity index is 570. The minimum absolute atomic E-state index is 0.0322. The molecule has 0 bridgehead atoms. The van der Waals surface area contributed by atoms with Crippen LogP contribution in [-0.4, -0.2) is 21.1 Å². The number of ether oxygens (including phenoxy) is 1. The monoisotopic (exact) mass is 274 g/mol. The van der Waals surface area contributed by atoms with Gasteiger partial charge in [0.1, 0.15) is 0 Å². The van der Waals surface area contributed by atoms with Crippen LogP contribution in [0.4, 0.5) is 17.6 Å². The second-order valence-electron chi connectivity index (χ2n) is 4.57. The molecule has 2 aromatic rings. The Morgan fingerprint density at radius 3 is 2.30 bits per heavy atom. The summed E-state index contributed by atoms with van der Waals surface area (Å²) >= 11 is 0. The normalized spacial score (nSPS) is 10.4. The van der Waals surface area contributed by atoms with Crippen molar-refractivity contribution in [3.63, 3.8) is 0 Å². The molecule has 4 N–H and O–H groups in total. The van der Waals surface area contributed by atoms with Crippen molar-refractivity contribution in [2.24, 2.45) is 5.84 Å². The summed E-state index contributed by atoms with van der Waals surface area (Å²) in [7, 11) is 0. The molecule has 1 heterocycles. The third-order valence-electron chi connectivity index (χ3n) is 2.39. The van der Waals surface area contributed by atoms with E-state index in [1.807, 2.05) is 45.0 Å². The molecule has 0 saturated heterocycles. The lowest BCUT2D eigenvalue weighted by atomic mass is 10.2. The number of hydrogen-bond acceptors (Lipinski definition) is 7. The molecule has 0 fully saturated rings. The molecular weight excluding hydrogens is 256 g/mol. The molecule has 0 aliphatic carbocycles. The molecule has 0 spiro atoms. The zero-order valence-corrected chi connectivity index (χ0v) is 11.7. The van der Waals surface area contributed by atoms with E-state index in [4.69, 9.17) is 10.6 Å². The van der Waals surface area contributed by atoms with Crippen LogP contribution in [0.15, 0.2) is 24.3 Å². The number of benzene rings is 1. The van der Waals surface area contributed by atoms with Crippen LogP contribution in [0.25, 0.3) is 0 Å². The summed E-state index contributed by atoms with van der Waals surface area (Å²) < 4.78 is 5.46. The molecule has 1 aromatic heterocycles. The molecule has 20 heavy (non-hydrogen) atoms. The first-order valence-electron chi connectivity index (χ1n) is 6.30. The van der Waals surface area contributed by atoms with Gasteiger partial charge in [-0.15, -0.1) is 0 Å². The smallest absolute Gasteiger partial charge is 0.323 e. The van der Waals surface area contributed by atoms with Crippen LogP contribution in [0.2, 0.25) is 0 Å². The molecule has 106 valence electrons. The first-order valence-corrected chi connectivity index (χ1v) is 6.30. The highest BCUT2D eigenvalue weighted by Crippen LogP contribution is 2.17. The lowest BCUT2D eigenvalue weighted by Gasteiger charge is -2.11. The maximum atomic E-state index is 5.46. The van der Waals surface area contributed by atoms with E-state index in [2.05, 4.69) is 25.7 Å². The first kappa shape index (κ1) is 14.0. The van der Waals surface area contributed by atoms with Crippen molar-refractivity contribution in [3.8, 4) is 6.01 Å². The van der Waals surface area contributed by atoms with Crippen molar-refractivity contribution in [2.75, 3.05) is 10.7 Å². The summed E-state index contributed by atoms with van der Waals surface area (Å²) in [6.45, 7) is 5.82. The number of hydrazine groups is 1. The third-order valence-corrected chi connectivity index (χ3v) is 2.39. The Kier molecular flexibility index (Phi) is 4.31. The number of aromatic nitrogens is 3. The standard InChI is InChI=1S/C13H18N6O/c1-8(2)20-13-17-11(16-12(18-13)19-14)15-10-6-4-9(3)5-7-10/h4-8H,14H2,1-3H3,(H2,15,16,17,18,19). The van der Waals surface area contributed by atoms with Gasteiger partial charge < -0.3 is 10.1 Å². The molecule has 0 saturated carbocycles. The number of nitrogens with two attached hydrogens (primary N) is 1. The molecular formula is C13H18N6O. The van der Waals surface area contributed by atoms with Gasteiger partial charge in [0.2, 0.25) is 11.9 Å². The molecule has 0 aliphatic heterocycles. The highest BCUT2D eigenvalue weighted by Gasteiger charge is 2.08. The molecule has 7 heteroatoms. The van der Waals surface area contributed by atoms with Gasteiger partial charge in [-0.1, -0.05) is 17.7 Å². The van der Waals surface area contributed by atoms with Crippen molar-refractivity contribution in [3.05, 3.63) is 29.8 Å². The summed E-state index contributed by atoms with van der Waals surface area (Å²) in [5.41, 5.74) is 4.45. The molecule has 2 rings (SSSR count). The highest BCUT2D eigenvalue weighted by atomic mass is 16.5. The van der Waals surface area contributed by atoms with Gasteiger partial charge in [-0.25, -0.2) is 5.84 Å². The fourth-order valence-electron chi connectivity index (χ4n) is 1.51. The Labute approximate surface area is 117 Å². The van der Waals surface area contributed by atoms with Gasteiger partial charge in [0.05, 0.1) is 6.10 Å². The number of hydrogen-bond donors (Lipinski definition) is 3. The van der Waals surface area contributed by atoms with Gasteiger partial charge in [0, 0.05) is 5.69 Å². The molecule has 0 aliphatic rings. The number of nitrogens with zero attached hydrogens (tertiary/aromatic N) is 3. The summed E-state index contributed by atoms with van der Waals surface area (Å²) in [4.78, 5) is 12.3. The van der Waals surface area contributed by atoms with Crippen LogP contribution < -0.4 is 21.3 Å². The van der Waals surface area contributed by atoms with E-state index in [0.717, 1.165) is 5.69 Å². The minimum atomic E-state index is -0.0322. The number of nitrogen functional groups attached to an aromatic ring is 1. The Hall–Kier alpha value is -2.41. The predicted octanol–water partition coefficient (Wildman–Crippen LogP) is 2.00. The number of anilines is 3.